The molecular formula is C42H24N2OS. The first-order valence-corrected chi connectivity index (χ1v) is 16.2. The molecule has 0 spiro atoms. The number of fused-ring (bicyclic) bond motifs is 9. The van der Waals surface area contributed by atoms with Gasteiger partial charge in [-0.25, -0.2) is 9.97 Å². The molecule has 0 aliphatic heterocycles. The van der Waals surface area contributed by atoms with Gasteiger partial charge in [0.25, 0.3) is 0 Å². The zero-order valence-electron chi connectivity index (χ0n) is 24.6. The standard InChI is InChI=1S/C42H24N2OS/c1-2-11-26(12-3-1)42-43-38(41-39(44-42)33-16-8-9-17-37(33)46-41)29-20-21-31-35-24-34(28-19-18-25-10-4-5-13-27(25)22-28)30-14-6-7-15-32(30)40(35)45-36(31)23-29/h1-24H. The third-order valence-electron chi connectivity index (χ3n) is 9.06. The quantitative estimate of drug-likeness (QED) is 0.201. The van der Waals surface area contributed by atoms with Crippen molar-refractivity contribution >= 4 is 75.1 Å². The topological polar surface area (TPSA) is 38.9 Å². The summed E-state index contributed by atoms with van der Waals surface area (Å²) in [6.45, 7) is 0. The first-order chi connectivity index (χ1) is 22.8. The van der Waals surface area contributed by atoms with Crippen LogP contribution < -0.4 is 0 Å². The van der Waals surface area contributed by atoms with Gasteiger partial charge in [0.15, 0.2) is 5.82 Å². The zero-order valence-corrected chi connectivity index (χ0v) is 25.4. The molecule has 0 fully saturated rings. The van der Waals surface area contributed by atoms with Crippen LogP contribution in [0.5, 0.6) is 0 Å². The third-order valence-corrected chi connectivity index (χ3v) is 10.2. The number of thiophene rings is 1. The van der Waals surface area contributed by atoms with Crippen LogP contribution in [-0.2, 0) is 0 Å². The third kappa shape index (κ3) is 3.84. The summed E-state index contributed by atoms with van der Waals surface area (Å²) >= 11 is 1.74. The molecule has 3 nitrogen and oxygen atoms in total. The molecule has 0 N–H and O–H groups in total. The molecule has 0 radical (unpaired) electrons. The highest BCUT2D eigenvalue weighted by atomic mass is 32.1. The smallest absolute Gasteiger partial charge is 0.160 e. The first kappa shape index (κ1) is 25.5. The molecule has 0 saturated carbocycles. The van der Waals surface area contributed by atoms with Crippen LogP contribution in [0.1, 0.15) is 0 Å². The van der Waals surface area contributed by atoms with E-state index in [1.54, 1.807) is 11.3 Å². The van der Waals surface area contributed by atoms with E-state index in [0.29, 0.717) is 0 Å². The Balaban J connectivity index is 1.22. The van der Waals surface area contributed by atoms with E-state index >= 15 is 0 Å². The average Bonchev–Trinajstić information content (AvgIpc) is 3.69. The molecular weight excluding hydrogens is 581 g/mol. The lowest BCUT2D eigenvalue weighted by Gasteiger charge is -2.09. The van der Waals surface area contributed by atoms with E-state index in [1.807, 2.05) is 18.2 Å². The van der Waals surface area contributed by atoms with E-state index in [0.717, 1.165) is 65.6 Å². The minimum atomic E-state index is 0.724. The fourth-order valence-electron chi connectivity index (χ4n) is 6.84. The fourth-order valence-corrected chi connectivity index (χ4v) is 8.00. The van der Waals surface area contributed by atoms with Crippen molar-refractivity contribution in [3.63, 3.8) is 0 Å². The van der Waals surface area contributed by atoms with Crippen molar-refractivity contribution in [1.82, 2.24) is 9.97 Å². The normalized spacial score (nSPS) is 11.9. The number of furan rings is 1. The Morgan fingerprint density at radius 2 is 1.22 bits per heavy atom. The summed E-state index contributed by atoms with van der Waals surface area (Å²) in [6.07, 6.45) is 0. The Morgan fingerprint density at radius 3 is 2.11 bits per heavy atom. The van der Waals surface area contributed by atoms with Gasteiger partial charge in [-0.15, -0.1) is 11.3 Å². The highest BCUT2D eigenvalue weighted by molar-refractivity contribution is 7.26. The summed E-state index contributed by atoms with van der Waals surface area (Å²) in [5, 5.41) is 8.13. The van der Waals surface area contributed by atoms with Crippen molar-refractivity contribution in [2.24, 2.45) is 0 Å². The second kappa shape index (κ2) is 9.83. The van der Waals surface area contributed by atoms with Crippen LogP contribution >= 0.6 is 11.3 Å². The van der Waals surface area contributed by atoms with Crippen LogP contribution in [0.25, 0.3) is 97.6 Å². The number of hydrogen-bond acceptors (Lipinski definition) is 4. The molecule has 0 saturated heterocycles. The van der Waals surface area contributed by atoms with Crippen molar-refractivity contribution < 1.29 is 4.42 Å². The summed E-state index contributed by atoms with van der Waals surface area (Å²) in [7, 11) is 0. The van der Waals surface area contributed by atoms with Gasteiger partial charge >= 0.3 is 0 Å². The largest absolute Gasteiger partial charge is 0.455 e. The van der Waals surface area contributed by atoms with E-state index in [9.17, 15) is 0 Å². The van der Waals surface area contributed by atoms with Gasteiger partial charge in [-0.05, 0) is 57.6 Å². The Labute approximate surface area is 268 Å². The van der Waals surface area contributed by atoms with E-state index in [-0.39, 0.29) is 0 Å². The average molecular weight is 605 g/mol. The minimum Gasteiger partial charge on any atom is -0.455 e. The van der Waals surface area contributed by atoms with Gasteiger partial charge in [-0.3, -0.25) is 0 Å². The molecule has 7 aromatic carbocycles. The molecule has 0 bridgehead atoms. The van der Waals surface area contributed by atoms with Crippen LogP contribution in [0, 0.1) is 0 Å². The van der Waals surface area contributed by atoms with Crippen LogP contribution in [0.2, 0.25) is 0 Å². The van der Waals surface area contributed by atoms with Crippen molar-refractivity contribution in [3.8, 4) is 33.8 Å². The van der Waals surface area contributed by atoms with Gasteiger partial charge in [0.1, 0.15) is 11.2 Å². The van der Waals surface area contributed by atoms with E-state index in [4.69, 9.17) is 14.4 Å². The molecule has 0 atom stereocenters. The number of benzene rings is 7. The van der Waals surface area contributed by atoms with E-state index in [1.165, 1.54) is 32.0 Å². The fraction of sp³-hybridized carbons (Fsp3) is 0. The summed E-state index contributed by atoms with van der Waals surface area (Å²) in [4.78, 5) is 10.3. The van der Waals surface area contributed by atoms with Gasteiger partial charge in [0.2, 0.25) is 0 Å². The number of aromatic nitrogens is 2. The summed E-state index contributed by atoms with van der Waals surface area (Å²) < 4.78 is 9.02. The van der Waals surface area contributed by atoms with Gasteiger partial charge in [-0.2, -0.15) is 0 Å². The van der Waals surface area contributed by atoms with Gasteiger partial charge in [0.05, 0.1) is 15.9 Å². The highest BCUT2D eigenvalue weighted by Gasteiger charge is 2.19. The maximum Gasteiger partial charge on any atom is 0.160 e. The second-order valence-corrected chi connectivity index (χ2v) is 12.8. The Kier molecular flexibility index (Phi) is 5.45. The van der Waals surface area contributed by atoms with Crippen LogP contribution in [0.15, 0.2) is 150 Å². The molecule has 0 aliphatic rings. The highest BCUT2D eigenvalue weighted by Crippen LogP contribution is 2.43. The van der Waals surface area contributed by atoms with Crippen molar-refractivity contribution in [2.75, 3.05) is 0 Å². The van der Waals surface area contributed by atoms with Gasteiger partial charge < -0.3 is 4.42 Å². The van der Waals surface area contributed by atoms with Crippen LogP contribution in [0.3, 0.4) is 0 Å². The van der Waals surface area contributed by atoms with E-state index < -0.39 is 0 Å². The molecule has 10 aromatic rings. The summed E-state index contributed by atoms with van der Waals surface area (Å²) in [5.74, 6) is 0.724. The molecule has 0 unspecified atom stereocenters. The lowest BCUT2D eigenvalue weighted by Crippen LogP contribution is -1.93. The summed E-state index contributed by atoms with van der Waals surface area (Å²) in [6, 6.07) is 51.4. The van der Waals surface area contributed by atoms with Gasteiger partial charge in [-0.1, -0.05) is 115 Å². The SMILES string of the molecule is c1ccc(-c2nc(-c3ccc4c(c3)oc3c5ccccc5c(-c5ccc6ccccc6c5)cc43)c3sc4ccccc4c3n2)cc1. The lowest BCUT2D eigenvalue weighted by atomic mass is 9.94. The second-order valence-electron chi connectivity index (χ2n) is 11.8. The number of nitrogens with zero attached hydrogens (tertiary/aromatic N) is 2. The molecule has 10 rings (SSSR count). The van der Waals surface area contributed by atoms with Crippen LogP contribution in [-0.4, -0.2) is 9.97 Å². The minimum absolute atomic E-state index is 0.724. The maximum atomic E-state index is 6.73. The zero-order chi connectivity index (χ0) is 30.2. The molecule has 4 heteroatoms. The van der Waals surface area contributed by atoms with Crippen molar-refractivity contribution in [3.05, 3.63) is 146 Å². The first-order valence-electron chi connectivity index (χ1n) is 15.4. The molecule has 3 heterocycles. The van der Waals surface area contributed by atoms with Crippen molar-refractivity contribution in [1.29, 1.82) is 0 Å². The molecule has 0 amide bonds. The Morgan fingerprint density at radius 1 is 0.478 bits per heavy atom. The number of rotatable bonds is 3. The maximum absolute atomic E-state index is 6.73. The monoisotopic (exact) mass is 604 g/mol. The van der Waals surface area contributed by atoms with Crippen molar-refractivity contribution in [2.45, 2.75) is 0 Å². The number of hydrogen-bond donors (Lipinski definition) is 0. The Bertz CT molecular complexity index is 2810. The predicted octanol–water partition coefficient (Wildman–Crippen LogP) is 12.1. The summed E-state index contributed by atoms with van der Waals surface area (Å²) in [5.41, 5.74) is 8.09. The molecule has 0 aliphatic carbocycles. The van der Waals surface area contributed by atoms with E-state index in [2.05, 4.69) is 127 Å². The van der Waals surface area contributed by atoms with Gasteiger partial charge in [0, 0.05) is 37.4 Å². The van der Waals surface area contributed by atoms with Crippen LogP contribution in [0.4, 0.5) is 0 Å². The molecule has 214 valence electrons. The predicted molar refractivity (Wildman–Crippen MR) is 194 cm³/mol. The molecule has 3 aromatic heterocycles. The molecule has 46 heavy (non-hydrogen) atoms. The Hall–Kier alpha value is -5.84. The lowest BCUT2D eigenvalue weighted by molar-refractivity contribution is 0.673.